The molecular weight excluding hydrogens is 451 g/mol. The second kappa shape index (κ2) is 8.07. The van der Waals surface area contributed by atoms with Gasteiger partial charge in [0.15, 0.2) is 5.52 Å². The molecule has 0 atom stereocenters. The molecule has 0 saturated carbocycles. The number of benzene rings is 4. The first-order valence-electron chi connectivity index (χ1n) is 10.8. The summed E-state index contributed by atoms with van der Waals surface area (Å²) in [5, 5.41) is 0.205. The molecule has 8 heteroatoms. The van der Waals surface area contributed by atoms with E-state index in [2.05, 4.69) is 4.98 Å². The number of rotatable bonds is 4. The molecule has 166 valence electrons. The summed E-state index contributed by atoms with van der Waals surface area (Å²) in [5.74, 6) is 0.136. The number of anilines is 3. The quantitative estimate of drug-likeness (QED) is 0.259. The largest absolute Gasteiger partial charge is 0.734 e. The van der Waals surface area contributed by atoms with Gasteiger partial charge >= 0.3 is 12.2 Å². The van der Waals surface area contributed by atoms with Crippen LogP contribution in [0.4, 0.5) is 30.8 Å². The average Bonchev–Trinajstić information content (AvgIpc) is 3.28. The summed E-state index contributed by atoms with van der Waals surface area (Å²) >= 11 is 1.21. The molecule has 0 aliphatic carbocycles. The first-order valence-corrected chi connectivity index (χ1v) is 11.6. The van der Waals surface area contributed by atoms with Crippen LogP contribution in [0.25, 0.3) is 10.2 Å². The lowest BCUT2D eigenvalue weighted by Crippen LogP contribution is -2.46. The highest BCUT2D eigenvalue weighted by molar-refractivity contribution is 7.21. The second-order valence-corrected chi connectivity index (χ2v) is 8.92. The van der Waals surface area contributed by atoms with Gasteiger partial charge in [0.1, 0.15) is 0 Å². The van der Waals surface area contributed by atoms with Crippen LogP contribution in [-0.2, 0) is 0 Å². The summed E-state index contributed by atoms with van der Waals surface area (Å²) in [7, 11) is -4.35. The van der Waals surface area contributed by atoms with Crippen molar-refractivity contribution in [3.8, 4) is 5.75 Å². The third kappa shape index (κ3) is 3.62. The lowest BCUT2D eigenvalue weighted by atomic mass is 10.00. The third-order valence-corrected chi connectivity index (χ3v) is 6.71. The van der Waals surface area contributed by atoms with Gasteiger partial charge in [-0.3, -0.25) is 0 Å². The molecule has 0 saturated heterocycles. The highest BCUT2D eigenvalue weighted by atomic mass is 32.1. The van der Waals surface area contributed by atoms with E-state index in [4.69, 9.17) is 4.65 Å². The van der Waals surface area contributed by atoms with E-state index in [1.165, 1.54) is 17.6 Å². The normalized spacial score (nSPS) is 14.2. The van der Waals surface area contributed by atoms with Crippen molar-refractivity contribution in [2.24, 2.45) is 0 Å². The molecular formula is C26H18BF2N3OS. The highest BCUT2D eigenvalue weighted by Crippen LogP contribution is 2.40. The Morgan fingerprint density at radius 3 is 2.09 bits per heavy atom. The summed E-state index contributed by atoms with van der Waals surface area (Å²) in [6.45, 7) is 0. The van der Waals surface area contributed by atoms with Crippen molar-refractivity contribution in [1.82, 2.24) is 4.98 Å². The minimum Gasteiger partial charge on any atom is -0.622 e. The summed E-state index contributed by atoms with van der Waals surface area (Å²) in [6, 6.07) is 32.3. The first-order chi connectivity index (χ1) is 16.6. The molecule has 1 aliphatic heterocycles. The Morgan fingerprint density at radius 2 is 1.41 bits per heavy atom. The molecule has 0 amide bonds. The molecule has 4 aromatic carbocycles. The predicted molar refractivity (Wildman–Crippen MR) is 134 cm³/mol. The van der Waals surface area contributed by atoms with Gasteiger partial charge in [0, 0.05) is 28.7 Å². The predicted octanol–water partition coefficient (Wildman–Crippen LogP) is 7.30. The molecule has 1 aromatic heterocycles. The maximum atomic E-state index is 15.2. The van der Waals surface area contributed by atoms with Crippen LogP contribution in [0.5, 0.6) is 5.75 Å². The van der Waals surface area contributed by atoms with Gasteiger partial charge in [-0.1, -0.05) is 48.5 Å². The average molecular weight is 469 g/mol. The SMILES string of the molecule is F[B-]1(F)Oc2cc(N(c3ccccc3)c3ccccc3)ccc2C=[N+]1c1nc2ccccc2s1. The maximum Gasteiger partial charge on any atom is 0.734 e. The fourth-order valence-corrected chi connectivity index (χ4v) is 5.06. The van der Waals surface area contributed by atoms with Crippen LogP contribution >= 0.6 is 11.3 Å². The number of hydrogen-bond acceptors (Lipinski definition) is 4. The Bertz CT molecular complexity index is 1450. The Balaban J connectivity index is 1.45. The van der Waals surface area contributed by atoms with Crippen molar-refractivity contribution in [3.05, 3.63) is 109 Å². The van der Waals surface area contributed by atoms with Crippen LogP contribution in [0.3, 0.4) is 0 Å². The summed E-state index contributed by atoms with van der Waals surface area (Å²) in [6.07, 6.45) is 1.43. The van der Waals surface area contributed by atoms with E-state index in [9.17, 15) is 0 Å². The van der Waals surface area contributed by atoms with Gasteiger partial charge in [0.05, 0.1) is 16.7 Å². The lowest BCUT2D eigenvalue weighted by Gasteiger charge is -2.32. The number of fused-ring (bicyclic) bond motifs is 2. The zero-order valence-corrected chi connectivity index (χ0v) is 18.7. The molecule has 4 nitrogen and oxygen atoms in total. The van der Waals surface area contributed by atoms with E-state index in [0.717, 1.165) is 26.2 Å². The molecule has 0 radical (unpaired) electrons. The molecule has 0 fully saturated rings. The van der Waals surface area contributed by atoms with Gasteiger partial charge in [0.25, 0.3) is 0 Å². The van der Waals surface area contributed by atoms with Crippen LogP contribution in [0.15, 0.2) is 103 Å². The van der Waals surface area contributed by atoms with E-state index < -0.39 is 7.04 Å². The number of para-hydroxylation sites is 3. The molecule has 6 rings (SSSR count). The molecule has 1 aliphatic rings. The van der Waals surface area contributed by atoms with Crippen LogP contribution < -0.4 is 9.55 Å². The third-order valence-electron chi connectivity index (χ3n) is 5.66. The zero-order valence-electron chi connectivity index (χ0n) is 17.9. The van der Waals surface area contributed by atoms with Gasteiger partial charge in [-0.2, -0.15) is 0 Å². The van der Waals surface area contributed by atoms with Crippen molar-refractivity contribution in [2.45, 2.75) is 0 Å². The van der Waals surface area contributed by atoms with E-state index >= 15 is 8.63 Å². The van der Waals surface area contributed by atoms with Crippen LogP contribution in [-0.4, -0.2) is 22.7 Å². The fraction of sp³-hybridized carbons (Fsp3) is 0. The minimum absolute atomic E-state index is 0.136. The monoisotopic (exact) mass is 469 g/mol. The van der Waals surface area contributed by atoms with E-state index in [1.807, 2.05) is 95.9 Å². The fourth-order valence-electron chi connectivity index (χ4n) is 4.07. The summed E-state index contributed by atoms with van der Waals surface area (Å²) < 4.78 is 37.5. The number of aromatic nitrogens is 1. The smallest absolute Gasteiger partial charge is 0.622 e. The second-order valence-electron chi connectivity index (χ2n) is 7.91. The molecule has 0 unspecified atom stereocenters. The van der Waals surface area contributed by atoms with E-state index in [1.54, 1.807) is 12.1 Å². The molecule has 0 N–H and O–H groups in total. The highest BCUT2D eigenvalue weighted by Gasteiger charge is 2.46. The van der Waals surface area contributed by atoms with Crippen LogP contribution in [0.2, 0.25) is 0 Å². The Kier molecular flexibility index (Phi) is 4.88. The van der Waals surface area contributed by atoms with Crippen LogP contribution in [0, 0.1) is 0 Å². The number of nitrogens with zero attached hydrogens (tertiary/aromatic N) is 3. The zero-order chi connectivity index (χ0) is 23.1. The molecule has 2 heterocycles. The van der Waals surface area contributed by atoms with Gasteiger partial charge < -0.3 is 22.7 Å². The lowest BCUT2D eigenvalue weighted by molar-refractivity contribution is -0.343. The van der Waals surface area contributed by atoms with Crippen molar-refractivity contribution >= 4 is 57.0 Å². The Labute approximate surface area is 199 Å². The van der Waals surface area contributed by atoms with E-state index in [0.29, 0.717) is 11.1 Å². The Hall–Kier alpha value is -4.04. The Morgan fingerprint density at radius 1 is 0.765 bits per heavy atom. The van der Waals surface area contributed by atoms with Gasteiger partial charge in [-0.05, 0) is 64.9 Å². The summed E-state index contributed by atoms with van der Waals surface area (Å²) in [5.41, 5.74) is 3.81. The van der Waals surface area contributed by atoms with Gasteiger partial charge in [-0.15, -0.1) is 0 Å². The maximum absolute atomic E-state index is 15.2. The van der Waals surface area contributed by atoms with E-state index in [-0.39, 0.29) is 10.9 Å². The minimum atomic E-state index is -4.35. The topological polar surface area (TPSA) is 28.4 Å². The van der Waals surface area contributed by atoms with Gasteiger partial charge in [0.2, 0.25) is 0 Å². The first kappa shape index (κ1) is 20.6. The van der Waals surface area contributed by atoms with Crippen molar-refractivity contribution in [1.29, 1.82) is 0 Å². The number of thiazole rings is 1. The number of halogens is 2. The molecule has 5 aromatic rings. The summed E-state index contributed by atoms with van der Waals surface area (Å²) in [4.78, 5) is 6.40. The van der Waals surface area contributed by atoms with Crippen molar-refractivity contribution in [3.63, 3.8) is 0 Å². The molecule has 0 bridgehead atoms. The molecule has 0 spiro atoms. The van der Waals surface area contributed by atoms with Crippen molar-refractivity contribution < 1.29 is 17.8 Å². The van der Waals surface area contributed by atoms with Crippen molar-refractivity contribution in [2.75, 3.05) is 4.90 Å². The standard InChI is InChI=1S/C26H18BF2N3OS/c28-27(29)31(26-30-23-13-7-8-14-25(23)34-26)18-19-15-16-22(17-24(19)33-27)32(20-9-3-1-4-10-20)21-11-5-2-6-12-21/h1-18H. The van der Waals surface area contributed by atoms with Gasteiger partial charge in [-0.25, -0.2) is 0 Å². The molecule has 34 heavy (non-hydrogen) atoms. The number of hydrogen-bond donors (Lipinski definition) is 0. The van der Waals surface area contributed by atoms with Crippen LogP contribution in [0.1, 0.15) is 5.56 Å².